The fraction of sp³-hybridized carbons (Fsp3) is 0.105. The van der Waals surface area contributed by atoms with Crippen molar-refractivity contribution in [2.75, 3.05) is 17.6 Å². The molecule has 0 bridgehead atoms. The highest BCUT2D eigenvalue weighted by Crippen LogP contribution is 2.20. The van der Waals surface area contributed by atoms with E-state index < -0.39 is 10.0 Å². The first-order valence-corrected chi connectivity index (χ1v) is 9.41. The summed E-state index contributed by atoms with van der Waals surface area (Å²) in [5.74, 6) is 0.476. The minimum Gasteiger partial charge on any atom is -0.489 e. The van der Waals surface area contributed by atoms with E-state index in [9.17, 15) is 13.2 Å². The van der Waals surface area contributed by atoms with Gasteiger partial charge in [-0.05, 0) is 42.5 Å². The van der Waals surface area contributed by atoms with E-state index in [2.05, 4.69) is 11.3 Å². The van der Waals surface area contributed by atoms with Crippen molar-refractivity contribution in [3.8, 4) is 5.75 Å². The number of carbonyl (C=O) groups excluding carboxylic acids is 1. The summed E-state index contributed by atoms with van der Waals surface area (Å²) >= 11 is 0. The molecule has 0 aliphatic heterocycles. The molecule has 1 N–H and O–H groups in total. The van der Waals surface area contributed by atoms with E-state index >= 15 is 0 Å². The highest BCUT2D eigenvalue weighted by molar-refractivity contribution is 7.92. The number of hydrogen-bond acceptors (Lipinski definition) is 4. The van der Waals surface area contributed by atoms with E-state index in [1.165, 1.54) is 6.08 Å². The molecule has 0 heterocycles. The van der Waals surface area contributed by atoms with Gasteiger partial charge in [0.15, 0.2) is 5.78 Å². The molecule has 2 aromatic carbocycles. The molecule has 0 amide bonds. The van der Waals surface area contributed by atoms with Gasteiger partial charge in [0.2, 0.25) is 10.0 Å². The van der Waals surface area contributed by atoms with Crippen LogP contribution in [0, 0.1) is 0 Å². The average Bonchev–Trinajstić information content (AvgIpc) is 2.57. The van der Waals surface area contributed by atoms with Crippen molar-refractivity contribution in [1.82, 2.24) is 0 Å². The molecule has 0 fully saturated rings. The molecule has 0 saturated heterocycles. The number of benzene rings is 2. The summed E-state index contributed by atoms with van der Waals surface area (Å²) in [5.41, 5.74) is 1.65. The Balaban J connectivity index is 2.11. The maximum absolute atomic E-state index is 12.3. The number of hydrogen-bond donors (Lipinski definition) is 1. The quantitative estimate of drug-likeness (QED) is 0.446. The van der Waals surface area contributed by atoms with E-state index in [4.69, 9.17) is 4.74 Å². The van der Waals surface area contributed by atoms with Gasteiger partial charge in [0, 0.05) is 16.8 Å². The van der Waals surface area contributed by atoms with Gasteiger partial charge in [-0.25, -0.2) is 8.42 Å². The Morgan fingerprint density at radius 3 is 2.48 bits per heavy atom. The van der Waals surface area contributed by atoms with Gasteiger partial charge < -0.3 is 4.74 Å². The number of ether oxygens (including phenoxy) is 1. The first-order chi connectivity index (χ1) is 11.9. The summed E-state index contributed by atoms with van der Waals surface area (Å²) in [6, 6.07) is 13.6. The number of ketones is 1. The van der Waals surface area contributed by atoms with Gasteiger partial charge in [-0.1, -0.05) is 30.9 Å². The van der Waals surface area contributed by atoms with E-state index in [1.54, 1.807) is 36.4 Å². The summed E-state index contributed by atoms with van der Waals surface area (Å²) in [6.45, 7) is 3.99. The van der Waals surface area contributed by atoms with Gasteiger partial charge in [0.05, 0.1) is 6.26 Å². The molecule has 25 heavy (non-hydrogen) atoms. The molecule has 0 aliphatic rings. The zero-order valence-corrected chi connectivity index (χ0v) is 14.6. The summed E-state index contributed by atoms with van der Waals surface area (Å²) in [6.07, 6.45) is 5.86. The largest absolute Gasteiger partial charge is 0.489 e. The predicted octanol–water partition coefficient (Wildman–Crippen LogP) is 3.52. The van der Waals surface area contributed by atoms with E-state index in [1.807, 2.05) is 24.3 Å². The SMILES string of the molecule is C=CCOc1ccccc1C=CC(=O)c1ccc(NS(C)(=O)=O)cc1. The van der Waals surface area contributed by atoms with Crippen LogP contribution in [0.1, 0.15) is 15.9 Å². The van der Waals surface area contributed by atoms with Gasteiger partial charge in [-0.2, -0.15) is 0 Å². The number of nitrogens with one attached hydrogen (secondary N) is 1. The fourth-order valence-corrected chi connectivity index (χ4v) is 2.64. The van der Waals surface area contributed by atoms with Crippen LogP contribution >= 0.6 is 0 Å². The summed E-state index contributed by atoms with van der Waals surface area (Å²) < 4.78 is 30.2. The van der Waals surface area contributed by atoms with E-state index in [0.717, 1.165) is 11.8 Å². The van der Waals surface area contributed by atoms with Gasteiger partial charge in [-0.3, -0.25) is 9.52 Å². The van der Waals surface area contributed by atoms with Crippen molar-refractivity contribution in [3.05, 3.63) is 78.4 Å². The number of allylic oxidation sites excluding steroid dienone is 1. The van der Waals surface area contributed by atoms with Crippen LogP contribution in [0.2, 0.25) is 0 Å². The molecule has 5 nitrogen and oxygen atoms in total. The fourth-order valence-electron chi connectivity index (χ4n) is 2.08. The smallest absolute Gasteiger partial charge is 0.229 e. The van der Waals surface area contributed by atoms with Crippen molar-refractivity contribution in [3.63, 3.8) is 0 Å². The molecule has 130 valence electrons. The second-order valence-corrected chi connectivity index (χ2v) is 7.04. The molecule has 0 saturated carbocycles. The summed E-state index contributed by atoms with van der Waals surface area (Å²) in [7, 11) is -3.34. The lowest BCUT2D eigenvalue weighted by Crippen LogP contribution is -2.09. The molecule has 0 spiro atoms. The van der Waals surface area contributed by atoms with Gasteiger partial charge in [-0.15, -0.1) is 0 Å². The number of sulfonamides is 1. The van der Waals surface area contributed by atoms with Crippen LogP contribution in [0.3, 0.4) is 0 Å². The zero-order chi connectivity index (χ0) is 18.3. The molecular formula is C19H19NO4S. The maximum atomic E-state index is 12.3. The molecule has 0 aromatic heterocycles. The highest BCUT2D eigenvalue weighted by atomic mass is 32.2. The number of carbonyl (C=O) groups is 1. The molecule has 2 rings (SSSR count). The third-order valence-corrected chi connectivity index (χ3v) is 3.77. The number of rotatable bonds is 8. The average molecular weight is 357 g/mol. The zero-order valence-electron chi connectivity index (χ0n) is 13.8. The first-order valence-electron chi connectivity index (χ1n) is 7.52. The molecule has 0 unspecified atom stereocenters. The molecule has 2 aromatic rings. The second kappa shape index (κ2) is 8.30. The summed E-state index contributed by atoms with van der Waals surface area (Å²) in [4.78, 5) is 12.3. The van der Waals surface area contributed by atoms with Crippen LogP contribution in [-0.2, 0) is 10.0 Å². The van der Waals surface area contributed by atoms with Crippen molar-refractivity contribution in [2.24, 2.45) is 0 Å². The number of para-hydroxylation sites is 1. The van der Waals surface area contributed by atoms with Gasteiger partial charge >= 0.3 is 0 Å². The Morgan fingerprint density at radius 1 is 1.16 bits per heavy atom. The first kappa shape index (κ1) is 18.5. The van der Waals surface area contributed by atoms with Gasteiger partial charge in [0.1, 0.15) is 12.4 Å². The lowest BCUT2D eigenvalue weighted by Gasteiger charge is -2.06. The van der Waals surface area contributed by atoms with Crippen LogP contribution in [0.4, 0.5) is 5.69 Å². The molecular weight excluding hydrogens is 338 g/mol. The monoisotopic (exact) mass is 357 g/mol. The Bertz CT molecular complexity index is 884. The standard InChI is InChI=1S/C19H19NO4S/c1-3-14-24-19-7-5-4-6-16(19)10-13-18(21)15-8-11-17(12-9-15)20-25(2,22)23/h3-13,20H,1,14H2,2H3. The van der Waals surface area contributed by atoms with Gasteiger partial charge in [0.25, 0.3) is 0 Å². The van der Waals surface area contributed by atoms with Crippen LogP contribution in [0.5, 0.6) is 5.75 Å². The lowest BCUT2D eigenvalue weighted by atomic mass is 10.1. The minimum absolute atomic E-state index is 0.190. The maximum Gasteiger partial charge on any atom is 0.229 e. The van der Waals surface area contributed by atoms with Crippen molar-refractivity contribution in [1.29, 1.82) is 0 Å². The Labute approximate surface area is 147 Å². The van der Waals surface area contributed by atoms with Crippen LogP contribution in [0.25, 0.3) is 6.08 Å². The topological polar surface area (TPSA) is 72.5 Å². The Kier molecular flexibility index (Phi) is 6.14. The summed E-state index contributed by atoms with van der Waals surface area (Å²) in [5, 5.41) is 0. The van der Waals surface area contributed by atoms with Crippen molar-refractivity contribution < 1.29 is 17.9 Å². The van der Waals surface area contributed by atoms with Crippen LogP contribution in [0.15, 0.2) is 67.3 Å². The van der Waals surface area contributed by atoms with Crippen LogP contribution < -0.4 is 9.46 Å². The molecule has 0 atom stereocenters. The molecule has 6 heteroatoms. The third-order valence-electron chi connectivity index (χ3n) is 3.16. The highest BCUT2D eigenvalue weighted by Gasteiger charge is 2.05. The van der Waals surface area contributed by atoms with E-state index in [0.29, 0.717) is 23.6 Å². The second-order valence-electron chi connectivity index (χ2n) is 5.29. The third kappa shape index (κ3) is 5.93. The lowest BCUT2D eigenvalue weighted by molar-refractivity contribution is 0.104. The van der Waals surface area contributed by atoms with Crippen LogP contribution in [-0.4, -0.2) is 27.1 Å². The van der Waals surface area contributed by atoms with Crippen molar-refractivity contribution >= 4 is 27.6 Å². The normalized spacial score (nSPS) is 11.2. The predicted molar refractivity (Wildman–Crippen MR) is 100 cm³/mol. The molecule has 0 radical (unpaired) electrons. The minimum atomic E-state index is -3.34. The Hall–Kier alpha value is -2.86. The molecule has 0 aliphatic carbocycles. The Morgan fingerprint density at radius 2 is 1.84 bits per heavy atom. The number of anilines is 1. The van der Waals surface area contributed by atoms with Crippen molar-refractivity contribution in [2.45, 2.75) is 0 Å². The van der Waals surface area contributed by atoms with E-state index in [-0.39, 0.29) is 5.78 Å².